The fourth-order valence-corrected chi connectivity index (χ4v) is 2.41. The molecular weight excluding hydrogens is 304 g/mol. The fourth-order valence-electron chi connectivity index (χ4n) is 1.89. The minimum absolute atomic E-state index is 0.0656. The quantitative estimate of drug-likeness (QED) is 0.913. The monoisotopic (exact) mass is 313 g/mol. The van der Waals surface area contributed by atoms with Crippen LogP contribution in [0.2, 0.25) is 10.0 Å². The largest absolute Gasteiger partial charge is 0.378 e. The van der Waals surface area contributed by atoms with Crippen molar-refractivity contribution in [3.8, 4) is 11.1 Å². The number of nitrogens with two attached hydrogens (primary N) is 1. The summed E-state index contributed by atoms with van der Waals surface area (Å²) in [6.45, 7) is 0. The molecule has 1 amide bonds. The molecule has 2 rings (SSSR count). The second-order valence-electron chi connectivity index (χ2n) is 4.19. The SMILES string of the molecule is NC(=O)C(O)c1cc(F)ccc1-c1cc(Cl)cc(Cl)c1. The third-order valence-corrected chi connectivity index (χ3v) is 3.19. The zero-order valence-electron chi connectivity index (χ0n) is 10.1. The first-order valence-electron chi connectivity index (χ1n) is 5.62. The van der Waals surface area contributed by atoms with Crippen LogP contribution in [0.4, 0.5) is 4.39 Å². The van der Waals surface area contributed by atoms with Crippen LogP contribution in [-0.4, -0.2) is 11.0 Å². The molecule has 0 saturated heterocycles. The van der Waals surface area contributed by atoms with Crippen LogP contribution < -0.4 is 5.73 Å². The Kier molecular flexibility index (Phi) is 4.28. The van der Waals surface area contributed by atoms with E-state index in [2.05, 4.69) is 0 Å². The summed E-state index contributed by atoms with van der Waals surface area (Å²) in [5.41, 5.74) is 6.11. The summed E-state index contributed by atoms with van der Waals surface area (Å²) >= 11 is 11.8. The molecule has 1 unspecified atom stereocenters. The third-order valence-electron chi connectivity index (χ3n) is 2.75. The maximum atomic E-state index is 13.3. The Labute approximate surface area is 124 Å². The highest BCUT2D eigenvalue weighted by molar-refractivity contribution is 6.35. The average Bonchev–Trinajstić information content (AvgIpc) is 2.36. The van der Waals surface area contributed by atoms with Crippen LogP contribution in [0.5, 0.6) is 0 Å². The Bertz CT molecular complexity index is 656. The lowest BCUT2D eigenvalue weighted by atomic mass is 9.95. The Morgan fingerprint density at radius 1 is 1.15 bits per heavy atom. The van der Waals surface area contributed by atoms with E-state index >= 15 is 0 Å². The molecule has 0 radical (unpaired) electrons. The van der Waals surface area contributed by atoms with E-state index in [0.29, 0.717) is 21.2 Å². The molecule has 0 spiro atoms. The number of carbonyl (C=O) groups excluding carboxylic acids is 1. The molecule has 3 nitrogen and oxygen atoms in total. The van der Waals surface area contributed by atoms with Gasteiger partial charge in [0.1, 0.15) is 5.82 Å². The first kappa shape index (κ1) is 14.8. The van der Waals surface area contributed by atoms with E-state index < -0.39 is 17.8 Å². The van der Waals surface area contributed by atoms with Crippen molar-refractivity contribution in [1.82, 2.24) is 0 Å². The molecule has 0 saturated carbocycles. The molecule has 20 heavy (non-hydrogen) atoms. The van der Waals surface area contributed by atoms with E-state index in [0.717, 1.165) is 6.07 Å². The zero-order valence-corrected chi connectivity index (χ0v) is 11.6. The van der Waals surface area contributed by atoms with Crippen molar-refractivity contribution < 1.29 is 14.3 Å². The van der Waals surface area contributed by atoms with Crippen molar-refractivity contribution in [1.29, 1.82) is 0 Å². The van der Waals surface area contributed by atoms with E-state index in [1.165, 1.54) is 12.1 Å². The number of halogens is 3. The van der Waals surface area contributed by atoms with E-state index in [9.17, 15) is 14.3 Å². The van der Waals surface area contributed by atoms with Gasteiger partial charge in [-0.2, -0.15) is 0 Å². The van der Waals surface area contributed by atoms with Gasteiger partial charge in [0.05, 0.1) is 0 Å². The first-order valence-corrected chi connectivity index (χ1v) is 6.37. The van der Waals surface area contributed by atoms with Gasteiger partial charge in [-0.1, -0.05) is 29.3 Å². The topological polar surface area (TPSA) is 63.3 Å². The Morgan fingerprint density at radius 2 is 1.75 bits per heavy atom. The molecule has 0 aliphatic rings. The van der Waals surface area contributed by atoms with Gasteiger partial charge in [-0.15, -0.1) is 0 Å². The fraction of sp³-hybridized carbons (Fsp3) is 0.0714. The van der Waals surface area contributed by atoms with Crippen molar-refractivity contribution in [2.24, 2.45) is 5.73 Å². The predicted molar refractivity (Wildman–Crippen MR) is 76.0 cm³/mol. The molecule has 104 valence electrons. The maximum Gasteiger partial charge on any atom is 0.250 e. The van der Waals surface area contributed by atoms with E-state index in [1.54, 1.807) is 18.2 Å². The maximum absolute atomic E-state index is 13.3. The highest BCUT2D eigenvalue weighted by atomic mass is 35.5. The van der Waals surface area contributed by atoms with Crippen LogP contribution in [0.15, 0.2) is 36.4 Å². The Hall–Kier alpha value is -1.62. The summed E-state index contributed by atoms with van der Waals surface area (Å²) in [6.07, 6.45) is -1.61. The van der Waals surface area contributed by atoms with Gasteiger partial charge in [0, 0.05) is 15.6 Å². The number of carbonyl (C=O) groups is 1. The number of rotatable bonds is 3. The number of hydrogen-bond acceptors (Lipinski definition) is 2. The Balaban J connectivity index is 2.64. The minimum atomic E-state index is -1.61. The van der Waals surface area contributed by atoms with Gasteiger partial charge in [0.25, 0.3) is 5.91 Å². The molecule has 0 heterocycles. The summed E-state index contributed by atoms with van der Waals surface area (Å²) in [4.78, 5) is 11.1. The van der Waals surface area contributed by atoms with Crippen LogP contribution in [0.1, 0.15) is 11.7 Å². The number of primary amides is 1. The molecule has 0 aromatic heterocycles. The lowest BCUT2D eigenvalue weighted by Crippen LogP contribution is -2.21. The lowest BCUT2D eigenvalue weighted by Gasteiger charge is -2.14. The standard InChI is InChI=1S/C14H10Cl2FNO2/c15-8-3-7(4-9(16)5-8)11-2-1-10(17)6-12(11)13(19)14(18)20/h1-6,13,19H,(H2,18,20). The molecule has 0 aliphatic heterocycles. The molecule has 6 heteroatoms. The highest BCUT2D eigenvalue weighted by Gasteiger charge is 2.19. The van der Waals surface area contributed by atoms with E-state index in [1.807, 2.05) is 0 Å². The molecule has 0 aliphatic carbocycles. The second kappa shape index (κ2) is 5.79. The van der Waals surface area contributed by atoms with Crippen LogP contribution >= 0.6 is 23.2 Å². The molecule has 1 atom stereocenters. The number of aliphatic hydroxyl groups excluding tert-OH is 1. The molecule has 0 bridgehead atoms. The van der Waals surface area contributed by atoms with Gasteiger partial charge < -0.3 is 10.8 Å². The van der Waals surface area contributed by atoms with Crippen LogP contribution in [0.3, 0.4) is 0 Å². The van der Waals surface area contributed by atoms with Gasteiger partial charge in [0.2, 0.25) is 0 Å². The third kappa shape index (κ3) is 3.10. The number of amides is 1. The van der Waals surface area contributed by atoms with Crippen molar-refractivity contribution >= 4 is 29.1 Å². The molecule has 2 aromatic rings. The van der Waals surface area contributed by atoms with E-state index in [4.69, 9.17) is 28.9 Å². The summed E-state index contributed by atoms with van der Waals surface area (Å²) < 4.78 is 13.3. The second-order valence-corrected chi connectivity index (χ2v) is 5.07. The first-order chi connectivity index (χ1) is 9.38. The summed E-state index contributed by atoms with van der Waals surface area (Å²) in [6, 6.07) is 8.43. The predicted octanol–water partition coefficient (Wildman–Crippen LogP) is 3.32. The average molecular weight is 314 g/mol. The minimum Gasteiger partial charge on any atom is -0.378 e. The lowest BCUT2D eigenvalue weighted by molar-refractivity contribution is -0.126. The van der Waals surface area contributed by atoms with Crippen LogP contribution in [-0.2, 0) is 4.79 Å². The molecule has 0 fully saturated rings. The van der Waals surface area contributed by atoms with Crippen molar-refractivity contribution in [2.75, 3.05) is 0 Å². The van der Waals surface area contributed by atoms with Crippen LogP contribution in [0.25, 0.3) is 11.1 Å². The summed E-state index contributed by atoms with van der Waals surface area (Å²) in [5.74, 6) is -1.55. The van der Waals surface area contributed by atoms with Gasteiger partial charge in [-0.3, -0.25) is 4.79 Å². The van der Waals surface area contributed by atoms with Gasteiger partial charge in [-0.05, 0) is 41.5 Å². The van der Waals surface area contributed by atoms with Gasteiger partial charge in [-0.25, -0.2) is 4.39 Å². The normalized spacial score (nSPS) is 12.2. The van der Waals surface area contributed by atoms with Crippen molar-refractivity contribution in [3.05, 3.63) is 57.8 Å². The number of hydrogen-bond donors (Lipinski definition) is 2. The van der Waals surface area contributed by atoms with Crippen LogP contribution in [0, 0.1) is 5.82 Å². The highest BCUT2D eigenvalue weighted by Crippen LogP contribution is 2.32. The van der Waals surface area contributed by atoms with Crippen molar-refractivity contribution in [3.63, 3.8) is 0 Å². The summed E-state index contributed by atoms with van der Waals surface area (Å²) in [5, 5.41) is 10.6. The molecule has 3 N–H and O–H groups in total. The molecule has 2 aromatic carbocycles. The smallest absolute Gasteiger partial charge is 0.250 e. The van der Waals surface area contributed by atoms with Crippen molar-refractivity contribution in [2.45, 2.75) is 6.10 Å². The van der Waals surface area contributed by atoms with E-state index in [-0.39, 0.29) is 5.56 Å². The summed E-state index contributed by atoms with van der Waals surface area (Å²) in [7, 11) is 0. The zero-order chi connectivity index (χ0) is 14.9. The number of aliphatic hydroxyl groups is 1. The Morgan fingerprint density at radius 3 is 2.30 bits per heavy atom. The molecular formula is C14H10Cl2FNO2. The number of benzene rings is 2. The van der Waals surface area contributed by atoms with Gasteiger partial charge >= 0.3 is 0 Å². The van der Waals surface area contributed by atoms with Gasteiger partial charge in [0.15, 0.2) is 6.10 Å².